The number of para-hydroxylation sites is 1. The van der Waals surface area contributed by atoms with Crippen LogP contribution in [0.1, 0.15) is 10.6 Å². The predicted molar refractivity (Wildman–Crippen MR) is 88.1 cm³/mol. The number of rotatable bonds is 3. The molecule has 0 N–H and O–H groups in total. The van der Waals surface area contributed by atoms with Crippen LogP contribution in [0.3, 0.4) is 0 Å². The summed E-state index contributed by atoms with van der Waals surface area (Å²) in [7, 11) is 1.32. The van der Waals surface area contributed by atoms with Crippen LogP contribution in [0.15, 0.2) is 50.5 Å². The smallest absolute Gasteiger partial charge is 0.325 e. The maximum absolute atomic E-state index is 12.2. The number of fused-ring (bicyclic) bond motifs is 1. The molecule has 1 aromatic carbocycles. The molecule has 0 fully saturated rings. The average Bonchev–Trinajstić information content (AvgIpc) is 3.12. The molecule has 6 nitrogen and oxygen atoms in total. The maximum Gasteiger partial charge on any atom is 0.325 e. The molecule has 0 atom stereocenters. The van der Waals surface area contributed by atoms with Gasteiger partial charge in [-0.25, -0.2) is 0 Å². The third-order valence-corrected chi connectivity index (χ3v) is 4.57. The summed E-state index contributed by atoms with van der Waals surface area (Å²) in [5.41, 5.74) is 0.815. The number of methoxy groups -OCH3 is 1. The standard InChI is InChI=1S/C15H11BrN2O4S/c1-21-13(19)8-18-9-4-2-3-5-11(9)23-15(18)17-14(20)10-6-7-12(16)22-10/h2-7H,8H2,1H3. The van der Waals surface area contributed by atoms with Gasteiger partial charge in [-0.15, -0.1) is 0 Å². The maximum atomic E-state index is 12.2. The molecule has 0 saturated heterocycles. The van der Waals surface area contributed by atoms with Gasteiger partial charge in [0.15, 0.2) is 15.2 Å². The number of carbonyl (C=O) groups is 2. The van der Waals surface area contributed by atoms with Gasteiger partial charge in [0.05, 0.1) is 17.3 Å². The summed E-state index contributed by atoms with van der Waals surface area (Å²) >= 11 is 4.47. The van der Waals surface area contributed by atoms with Crippen molar-refractivity contribution in [2.24, 2.45) is 4.99 Å². The lowest BCUT2D eigenvalue weighted by Crippen LogP contribution is -2.22. The van der Waals surface area contributed by atoms with Crippen LogP contribution in [0.4, 0.5) is 0 Å². The van der Waals surface area contributed by atoms with Gasteiger partial charge in [-0.05, 0) is 40.2 Å². The number of halogens is 1. The third-order valence-electron chi connectivity index (χ3n) is 3.08. The molecule has 0 unspecified atom stereocenters. The Bertz CT molecular complexity index is 954. The molecule has 3 aromatic rings. The summed E-state index contributed by atoms with van der Waals surface area (Å²) in [4.78, 5) is 28.4. The summed E-state index contributed by atoms with van der Waals surface area (Å²) in [6, 6.07) is 10.7. The van der Waals surface area contributed by atoms with Crippen LogP contribution in [0.25, 0.3) is 10.2 Å². The van der Waals surface area contributed by atoms with Crippen LogP contribution >= 0.6 is 27.3 Å². The summed E-state index contributed by atoms with van der Waals surface area (Å²) in [5, 5.41) is 0. The zero-order valence-electron chi connectivity index (χ0n) is 12.0. The fourth-order valence-corrected chi connectivity index (χ4v) is 3.36. The van der Waals surface area contributed by atoms with Crippen LogP contribution < -0.4 is 4.80 Å². The highest BCUT2D eigenvalue weighted by Gasteiger charge is 2.13. The second-order valence-electron chi connectivity index (χ2n) is 4.54. The number of hydrogen-bond donors (Lipinski definition) is 0. The normalized spacial score (nSPS) is 11.8. The third kappa shape index (κ3) is 3.27. The minimum Gasteiger partial charge on any atom is -0.468 e. The lowest BCUT2D eigenvalue weighted by atomic mass is 10.3. The molecule has 0 radical (unpaired) electrons. The Morgan fingerprint density at radius 2 is 2.09 bits per heavy atom. The topological polar surface area (TPSA) is 73.8 Å². The molecule has 1 amide bonds. The zero-order chi connectivity index (χ0) is 16.4. The van der Waals surface area contributed by atoms with Gasteiger partial charge in [-0.2, -0.15) is 4.99 Å². The monoisotopic (exact) mass is 394 g/mol. The minimum atomic E-state index is -0.513. The summed E-state index contributed by atoms with van der Waals surface area (Å²) in [5.74, 6) is -0.803. The summed E-state index contributed by atoms with van der Waals surface area (Å²) < 4.78 is 13.0. The molecule has 0 bridgehead atoms. The molecule has 0 aliphatic heterocycles. The molecule has 0 aliphatic rings. The van der Waals surface area contributed by atoms with Crippen molar-refractivity contribution in [3.8, 4) is 0 Å². The van der Waals surface area contributed by atoms with Gasteiger partial charge >= 0.3 is 11.9 Å². The first-order valence-corrected chi connectivity index (χ1v) is 8.19. The van der Waals surface area contributed by atoms with Crippen LogP contribution in [0.5, 0.6) is 0 Å². The van der Waals surface area contributed by atoms with E-state index in [0.717, 1.165) is 10.2 Å². The van der Waals surface area contributed by atoms with Crippen molar-refractivity contribution in [1.82, 2.24) is 4.57 Å². The number of amides is 1. The van der Waals surface area contributed by atoms with Gasteiger partial charge in [0, 0.05) is 0 Å². The van der Waals surface area contributed by atoms with E-state index < -0.39 is 11.9 Å². The molecular weight excluding hydrogens is 384 g/mol. The van der Waals surface area contributed by atoms with Crippen molar-refractivity contribution in [1.29, 1.82) is 0 Å². The number of nitrogens with zero attached hydrogens (tertiary/aromatic N) is 2. The van der Waals surface area contributed by atoms with Crippen LogP contribution in [0.2, 0.25) is 0 Å². The molecule has 0 saturated carbocycles. The second kappa shape index (κ2) is 6.51. The van der Waals surface area contributed by atoms with Crippen LogP contribution in [-0.4, -0.2) is 23.6 Å². The molecule has 0 aliphatic carbocycles. The zero-order valence-corrected chi connectivity index (χ0v) is 14.4. The van der Waals surface area contributed by atoms with E-state index in [1.807, 2.05) is 24.3 Å². The van der Waals surface area contributed by atoms with Gasteiger partial charge in [-0.3, -0.25) is 9.59 Å². The highest BCUT2D eigenvalue weighted by molar-refractivity contribution is 9.10. The molecule has 3 rings (SSSR count). The van der Waals surface area contributed by atoms with Crippen LogP contribution in [0, 0.1) is 0 Å². The number of hydrogen-bond acceptors (Lipinski definition) is 5. The quantitative estimate of drug-likeness (QED) is 0.640. The lowest BCUT2D eigenvalue weighted by molar-refractivity contribution is -0.141. The number of esters is 1. The van der Waals surface area contributed by atoms with Crippen molar-refractivity contribution in [2.75, 3.05) is 7.11 Å². The predicted octanol–water partition coefficient (Wildman–Crippen LogP) is 2.97. The molecule has 23 heavy (non-hydrogen) atoms. The average molecular weight is 395 g/mol. The summed E-state index contributed by atoms with van der Waals surface area (Å²) in [6.07, 6.45) is 0. The van der Waals surface area contributed by atoms with Gasteiger partial charge in [0.25, 0.3) is 0 Å². The Hall–Kier alpha value is -2.19. The Morgan fingerprint density at radius 3 is 2.78 bits per heavy atom. The van der Waals surface area contributed by atoms with E-state index in [9.17, 15) is 9.59 Å². The molecular formula is C15H11BrN2O4S. The van der Waals surface area contributed by atoms with E-state index in [0.29, 0.717) is 9.47 Å². The van der Waals surface area contributed by atoms with Crippen molar-refractivity contribution in [3.05, 3.63) is 51.6 Å². The molecule has 2 aromatic heterocycles. The van der Waals surface area contributed by atoms with E-state index in [-0.39, 0.29) is 12.3 Å². The first kappa shape index (κ1) is 15.7. The Labute approximate surface area is 143 Å². The van der Waals surface area contributed by atoms with Crippen molar-refractivity contribution >= 4 is 49.4 Å². The highest BCUT2D eigenvalue weighted by atomic mass is 79.9. The van der Waals surface area contributed by atoms with Gasteiger partial charge in [-0.1, -0.05) is 23.5 Å². The number of ether oxygens (including phenoxy) is 1. The summed E-state index contributed by atoms with van der Waals surface area (Å²) in [6.45, 7) is -0.0194. The van der Waals surface area contributed by atoms with E-state index in [1.165, 1.54) is 24.5 Å². The number of carbonyl (C=O) groups excluding carboxylic acids is 2. The number of aromatic nitrogens is 1. The fourth-order valence-electron chi connectivity index (χ4n) is 2.02. The molecule has 2 heterocycles. The Balaban J connectivity index is 2.12. The van der Waals surface area contributed by atoms with Crippen molar-refractivity contribution < 1.29 is 18.7 Å². The Kier molecular flexibility index (Phi) is 4.44. The van der Waals surface area contributed by atoms with Gasteiger partial charge in [0.1, 0.15) is 6.54 Å². The minimum absolute atomic E-state index is 0.0194. The van der Waals surface area contributed by atoms with Crippen LogP contribution in [-0.2, 0) is 16.1 Å². The number of furan rings is 1. The van der Waals surface area contributed by atoms with E-state index in [4.69, 9.17) is 9.15 Å². The molecule has 118 valence electrons. The van der Waals surface area contributed by atoms with Gasteiger partial charge < -0.3 is 13.7 Å². The van der Waals surface area contributed by atoms with E-state index in [1.54, 1.807) is 10.6 Å². The second-order valence-corrected chi connectivity index (χ2v) is 6.33. The fraction of sp³-hybridized carbons (Fsp3) is 0.133. The SMILES string of the molecule is COC(=O)Cn1c(=NC(=O)c2ccc(Br)o2)sc2ccccc21. The van der Waals surface area contributed by atoms with Crippen molar-refractivity contribution in [3.63, 3.8) is 0 Å². The number of thiazole rings is 1. The van der Waals surface area contributed by atoms with E-state index in [2.05, 4.69) is 20.9 Å². The number of benzene rings is 1. The first-order chi connectivity index (χ1) is 11.1. The highest BCUT2D eigenvalue weighted by Crippen LogP contribution is 2.18. The molecule has 0 spiro atoms. The largest absolute Gasteiger partial charge is 0.468 e. The lowest BCUT2D eigenvalue weighted by Gasteiger charge is -2.03. The van der Waals surface area contributed by atoms with E-state index >= 15 is 0 Å². The molecule has 8 heteroatoms. The van der Waals surface area contributed by atoms with Crippen molar-refractivity contribution in [2.45, 2.75) is 6.54 Å². The first-order valence-electron chi connectivity index (χ1n) is 6.58. The Morgan fingerprint density at radius 1 is 1.30 bits per heavy atom. The van der Waals surface area contributed by atoms with Gasteiger partial charge in [0.2, 0.25) is 0 Å².